The Morgan fingerprint density at radius 2 is 2.11 bits per heavy atom. The van der Waals surface area contributed by atoms with Crippen molar-refractivity contribution in [3.8, 4) is 0 Å². The van der Waals surface area contributed by atoms with Crippen LogP contribution in [0.4, 0.5) is 8.78 Å². The number of carbonyl (C=O) groups is 1. The van der Waals surface area contributed by atoms with Gasteiger partial charge in [0.15, 0.2) is 5.78 Å². The van der Waals surface area contributed by atoms with E-state index in [2.05, 4.69) is 15.9 Å². The molecular weight excluding hydrogens is 320 g/mol. The highest BCUT2D eigenvalue weighted by Gasteiger charge is 2.14. The Balaban J connectivity index is 2.51. The van der Waals surface area contributed by atoms with Crippen molar-refractivity contribution in [1.29, 1.82) is 0 Å². The number of nitrogens with zero attached hydrogens (tertiary/aromatic N) is 1. The van der Waals surface area contributed by atoms with Gasteiger partial charge in [-0.15, -0.1) is 0 Å². The van der Waals surface area contributed by atoms with Gasteiger partial charge in [-0.25, -0.2) is 8.78 Å². The zero-order chi connectivity index (χ0) is 14.3. The number of aliphatic hydroxyl groups is 1. The lowest BCUT2D eigenvalue weighted by Crippen LogP contribution is -2.33. The van der Waals surface area contributed by atoms with Crippen LogP contribution in [0.15, 0.2) is 28.7 Å². The number of hydrogen-bond acceptors (Lipinski definition) is 3. The Morgan fingerprint density at radius 1 is 1.37 bits per heavy atom. The zero-order valence-corrected chi connectivity index (χ0v) is 11.9. The number of ketones is 1. The second-order valence-corrected chi connectivity index (χ2v) is 5.01. The molecule has 19 heavy (non-hydrogen) atoms. The lowest BCUT2D eigenvalue weighted by atomic mass is 10.1. The molecule has 1 aromatic carbocycles. The van der Waals surface area contributed by atoms with E-state index in [0.29, 0.717) is 5.56 Å². The largest absolute Gasteiger partial charge is 0.395 e. The van der Waals surface area contributed by atoms with Gasteiger partial charge in [0.1, 0.15) is 0 Å². The molecule has 0 aromatic heterocycles. The molecule has 0 radical (unpaired) electrons. The van der Waals surface area contributed by atoms with Crippen LogP contribution in [0.5, 0.6) is 0 Å². The lowest BCUT2D eigenvalue weighted by Gasteiger charge is -2.20. The van der Waals surface area contributed by atoms with Crippen molar-refractivity contribution in [1.82, 2.24) is 4.90 Å². The monoisotopic (exact) mass is 335 g/mol. The molecule has 0 heterocycles. The molecule has 3 nitrogen and oxygen atoms in total. The summed E-state index contributed by atoms with van der Waals surface area (Å²) in [7, 11) is 0. The normalized spacial score (nSPS) is 11.3. The minimum atomic E-state index is -2.47. The summed E-state index contributed by atoms with van der Waals surface area (Å²) in [5.74, 6) is -0.0986. The Labute approximate surface area is 119 Å². The molecule has 0 aliphatic heterocycles. The third-order valence-corrected chi connectivity index (χ3v) is 3.11. The number of aliphatic hydroxyl groups excluding tert-OH is 1. The zero-order valence-electron chi connectivity index (χ0n) is 10.4. The molecule has 0 atom stereocenters. The molecule has 0 fully saturated rings. The predicted octanol–water partition coefficient (Wildman–Crippen LogP) is 2.58. The molecular formula is C13H16BrF2NO2. The minimum absolute atomic E-state index is 0.0986. The summed E-state index contributed by atoms with van der Waals surface area (Å²) in [4.78, 5) is 13.3. The summed E-state index contributed by atoms with van der Waals surface area (Å²) in [5.41, 5.74) is 0.551. The molecule has 0 saturated carbocycles. The first kappa shape index (κ1) is 16.2. The highest BCUT2D eigenvalue weighted by Crippen LogP contribution is 2.13. The lowest BCUT2D eigenvalue weighted by molar-refractivity contribution is 0.0732. The number of halogens is 3. The fraction of sp³-hybridized carbons (Fsp3) is 0.462. The van der Waals surface area contributed by atoms with Gasteiger partial charge >= 0.3 is 0 Å². The number of alkyl halides is 2. The molecule has 1 N–H and O–H groups in total. The maximum absolute atomic E-state index is 12.3. The number of carbonyl (C=O) groups excluding carboxylic acids is 1. The molecule has 0 aliphatic rings. The van der Waals surface area contributed by atoms with Gasteiger partial charge in [0, 0.05) is 29.5 Å². The van der Waals surface area contributed by atoms with Crippen LogP contribution in [0.3, 0.4) is 0 Å². The highest BCUT2D eigenvalue weighted by molar-refractivity contribution is 9.10. The molecule has 1 aromatic rings. The van der Waals surface area contributed by atoms with Crippen LogP contribution in [0.1, 0.15) is 16.8 Å². The highest BCUT2D eigenvalue weighted by atomic mass is 79.9. The maximum Gasteiger partial charge on any atom is 0.251 e. The van der Waals surface area contributed by atoms with Crippen LogP contribution in [-0.4, -0.2) is 48.5 Å². The van der Waals surface area contributed by atoms with E-state index in [0.717, 1.165) is 4.47 Å². The van der Waals surface area contributed by atoms with Gasteiger partial charge in [0.2, 0.25) is 0 Å². The van der Waals surface area contributed by atoms with Crippen molar-refractivity contribution in [3.63, 3.8) is 0 Å². The van der Waals surface area contributed by atoms with Crippen LogP contribution in [0, 0.1) is 0 Å². The van der Waals surface area contributed by atoms with Gasteiger partial charge in [0.25, 0.3) is 6.43 Å². The van der Waals surface area contributed by atoms with Crippen LogP contribution in [-0.2, 0) is 0 Å². The molecule has 1 rings (SSSR count). The Hall–Kier alpha value is -0.850. The van der Waals surface area contributed by atoms with Gasteiger partial charge in [-0.3, -0.25) is 9.69 Å². The molecule has 0 bridgehead atoms. The van der Waals surface area contributed by atoms with Crippen LogP contribution < -0.4 is 0 Å². The molecule has 0 unspecified atom stereocenters. The van der Waals surface area contributed by atoms with E-state index in [9.17, 15) is 13.6 Å². The van der Waals surface area contributed by atoms with Crippen molar-refractivity contribution < 1.29 is 18.7 Å². The van der Waals surface area contributed by atoms with E-state index in [1.54, 1.807) is 18.2 Å². The maximum atomic E-state index is 12.3. The fourth-order valence-corrected chi connectivity index (χ4v) is 2.10. The first-order valence-electron chi connectivity index (χ1n) is 5.93. The Kier molecular flexibility index (Phi) is 7.12. The standard InChI is InChI=1S/C13H16BrF2NO2/c14-11-3-1-2-10(8-11)12(19)4-5-17(6-7-18)9-13(15)16/h1-3,8,13,18H,4-7,9H2. The molecule has 106 valence electrons. The first-order chi connectivity index (χ1) is 9.02. The summed E-state index contributed by atoms with van der Waals surface area (Å²) >= 11 is 3.27. The van der Waals surface area contributed by atoms with Crippen LogP contribution in [0.25, 0.3) is 0 Å². The van der Waals surface area contributed by atoms with E-state index in [4.69, 9.17) is 5.11 Å². The number of hydrogen-bond donors (Lipinski definition) is 1. The predicted molar refractivity (Wildman–Crippen MR) is 72.6 cm³/mol. The van der Waals surface area contributed by atoms with Gasteiger partial charge in [-0.1, -0.05) is 28.1 Å². The van der Waals surface area contributed by atoms with E-state index in [-0.39, 0.29) is 31.9 Å². The Bertz CT molecular complexity index is 415. The van der Waals surface area contributed by atoms with Crippen LogP contribution >= 0.6 is 15.9 Å². The summed E-state index contributed by atoms with van der Waals surface area (Å²) in [6.45, 7) is -0.254. The summed E-state index contributed by atoms with van der Waals surface area (Å²) in [6.07, 6.45) is -2.31. The summed E-state index contributed by atoms with van der Waals surface area (Å²) in [5, 5.41) is 8.79. The van der Waals surface area contributed by atoms with E-state index in [1.165, 1.54) is 4.90 Å². The van der Waals surface area contributed by atoms with E-state index >= 15 is 0 Å². The average molecular weight is 336 g/mol. The van der Waals surface area contributed by atoms with E-state index in [1.807, 2.05) is 6.07 Å². The van der Waals surface area contributed by atoms with Crippen molar-refractivity contribution >= 4 is 21.7 Å². The Morgan fingerprint density at radius 3 is 2.68 bits per heavy atom. The fourth-order valence-electron chi connectivity index (χ4n) is 1.70. The van der Waals surface area contributed by atoms with Crippen molar-refractivity contribution in [2.45, 2.75) is 12.8 Å². The third-order valence-electron chi connectivity index (χ3n) is 2.61. The van der Waals surface area contributed by atoms with E-state index < -0.39 is 13.0 Å². The number of benzene rings is 1. The third kappa shape index (κ3) is 6.22. The van der Waals surface area contributed by atoms with Gasteiger partial charge in [-0.2, -0.15) is 0 Å². The van der Waals surface area contributed by atoms with Crippen LogP contribution in [0.2, 0.25) is 0 Å². The average Bonchev–Trinajstić information content (AvgIpc) is 2.35. The summed E-state index contributed by atoms with van der Waals surface area (Å²) in [6, 6.07) is 6.95. The number of Topliss-reactive ketones (excluding diaryl/α,β-unsaturated/α-hetero) is 1. The molecule has 0 aliphatic carbocycles. The molecule has 6 heteroatoms. The molecule has 0 saturated heterocycles. The molecule has 0 amide bonds. The van der Waals surface area contributed by atoms with Crippen molar-refractivity contribution in [3.05, 3.63) is 34.3 Å². The second kappa shape index (κ2) is 8.35. The van der Waals surface area contributed by atoms with Crippen molar-refractivity contribution in [2.24, 2.45) is 0 Å². The smallest absolute Gasteiger partial charge is 0.251 e. The van der Waals surface area contributed by atoms with Crippen molar-refractivity contribution in [2.75, 3.05) is 26.2 Å². The SMILES string of the molecule is O=C(CCN(CCO)CC(F)F)c1cccc(Br)c1. The second-order valence-electron chi connectivity index (χ2n) is 4.10. The summed E-state index contributed by atoms with van der Waals surface area (Å²) < 4.78 is 25.4. The number of rotatable bonds is 8. The first-order valence-corrected chi connectivity index (χ1v) is 6.72. The quantitative estimate of drug-likeness (QED) is 0.742. The van der Waals surface area contributed by atoms with Gasteiger partial charge < -0.3 is 5.11 Å². The van der Waals surface area contributed by atoms with Gasteiger partial charge in [0.05, 0.1) is 13.2 Å². The molecule has 0 spiro atoms. The topological polar surface area (TPSA) is 40.5 Å². The minimum Gasteiger partial charge on any atom is -0.395 e. The van der Waals surface area contributed by atoms with Gasteiger partial charge in [-0.05, 0) is 12.1 Å².